The predicted octanol–water partition coefficient (Wildman–Crippen LogP) is -1.41. The summed E-state index contributed by atoms with van der Waals surface area (Å²) in [5, 5.41) is 20.1. The van der Waals surface area contributed by atoms with Crippen LogP contribution in [0.5, 0.6) is 0 Å². The molecule has 1 aromatic heterocycles. The number of nitrogens with zero attached hydrogens (tertiary/aromatic N) is 1. The Morgan fingerprint density at radius 2 is 2.12 bits per heavy atom. The molecule has 1 saturated heterocycles. The van der Waals surface area contributed by atoms with Crippen molar-refractivity contribution in [2.75, 3.05) is 13.2 Å². The van der Waals surface area contributed by atoms with Crippen molar-refractivity contribution in [2.24, 2.45) is 0 Å². The van der Waals surface area contributed by atoms with Gasteiger partial charge in [0, 0.05) is 18.8 Å². The first-order valence-corrected chi connectivity index (χ1v) is 9.46. The molecule has 0 aromatic carbocycles. The van der Waals surface area contributed by atoms with Crippen LogP contribution in [0.3, 0.4) is 0 Å². The number of aliphatic hydroxyl groups excluding tert-OH is 2. The number of aromatic nitrogens is 2. The van der Waals surface area contributed by atoms with Crippen LogP contribution in [-0.2, 0) is 18.5 Å². The molecule has 5 N–H and O–H groups in total. The van der Waals surface area contributed by atoms with Crippen LogP contribution < -0.4 is 16.7 Å². The Morgan fingerprint density at radius 3 is 2.77 bits per heavy atom. The second kappa shape index (κ2) is 9.02. The van der Waals surface area contributed by atoms with E-state index in [0.29, 0.717) is 6.54 Å². The molecule has 0 saturated carbocycles. The van der Waals surface area contributed by atoms with Gasteiger partial charge in [-0.2, -0.15) is 10.1 Å². The Labute approximate surface area is 147 Å². The molecule has 0 aliphatic carbocycles. The largest absolute Gasteiger partial charge is 0.488 e. The van der Waals surface area contributed by atoms with Crippen molar-refractivity contribution < 1.29 is 33.6 Å². The van der Waals surface area contributed by atoms with E-state index in [1.165, 1.54) is 0 Å². The van der Waals surface area contributed by atoms with Crippen LogP contribution in [-0.4, -0.2) is 56.1 Å². The topological polar surface area (TPSA) is 172 Å². The van der Waals surface area contributed by atoms with Crippen molar-refractivity contribution in [3.63, 3.8) is 0 Å². The molecule has 1 aliphatic rings. The zero-order valence-electron chi connectivity index (χ0n) is 14.0. The third kappa shape index (κ3) is 5.32. The average molecular weight is 395 g/mol. The fourth-order valence-electron chi connectivity index (χ4n) is 2.29. The summed E-state index contributed by atoms with van der Waals surface area (Å²) in [6.45, 7) is 1.71. The van der Waals surface area contributed by atoms with Gasteiger partial charge in [0.1, 0.15) is 18.3 Å². The van der Waals surface area contributed by atoms with Gasteiger partial charge in [-0.15, -0.1) is 0 Å². The van der Waals surface area contributed by atoms with E-state index in [1.807, 2.05) is 11.9 Å². The zero-order chi connectivity index (χ0) is 19.3. The lowest BCUT2D eigenvalue weighted by atomic mass is 10.1. The highest BCUT2D eigenvalue weighted by Gasteiger charge is 2.45. The lowest BCUT2D eigenvalue weighted by molar-refractivity contribution is -0.0565. The third-order valence-corrected chi connectivity index (χ3v) is 4.51. The van der Waals surface area contributed by atoms with Crippen molar-refractivity contribution in [3.8, 4) is 0 Å². The molecule has 12 nitrogen and oxygen atoms in total. The Morgan fingerprint density at radius 1 is 1.38 bits per heavy atom. The predicted molar refractivity (Wildman–Crippen MR) is 87.0 cm³/mol. The van der Waals surface area contributed by atoms with Gasteiger partial charge >= 0.3 is 13.5 Å². The maximum atomic E-state index is 11.8. The monoisotopic (exact) mass is 395 g/mol. The molecule has 0 bridgehead atoms. The first kappa shape index (κ1) is 20.9. The summed E-state index contributed by atoms with van der Waals surface area (Å²) in [4.78, 5) is 34.4. The highest BCUT2D eigenvalue weighted by atomic mass is 31.2. The smallest absolute Gasteiger partial charge is 0.387 e. The first-order chi connectivity index (χ1) is 12.2. The number of hydrogen-bond acceptors (Lipinski definition) is 9. The minimum atomic E-state index is -4.44. The molecule has 1 aliphatic heterocycles. The average Bonchev–Trinajstić information content (AvgIpc) is 2.85. The second-order valence-electron chi connectivity index (χ2n) is 5.67. The van der Waals surface area contributed by atoms with Crippen LogP contribution in [0.1, 0.15) is 26.0 Å². The van der Waals surface area contributed by atoms with E-state index < -0.39 is 50.2 Å². The van der Waals surface area contributed by atoms with Gasteiger partial charge in [-0.1, -0.05) is 13.3 Å². The quantitative estimate of drug-likeness (QED) is 0.190. The Balaban J connectivity index is 1.96. The number of unbranched alkanes of at least 4 members (excludes halogenated alkanes) is 1. The summed E-state index contributed by atoms with van der Waals surface area (Å²) in [6, 6.07) is 1.05. The SMILES string of the molecule is CCCCNOP(=O)(O)OC[C@H]1O[C@@H](n2ccc(=O)[nH]c2=O)[C@H](O)[C@@H]1O. The molecule has 0 amide bonds. The first-order valence-electron chi connectivity index (χ1n) is 7.97. The summed E-state index contributed by atoms with van der Waals surface area (Å²) in [5.74, 6) is 0. The van der Waals surface area contributed by atoms with Gasteiger partial charge in [-0.05, 0) is 6.42 Å². The Bertz CT molecular complexity index is 751. The summed E-state index contributed by atoms with van der Waals surface area (Å²) < 4.78 is 27.2. The molecule has 1 unspecified atom stereocenters. The van der Waals surface area contributed by atoms with Gasteiger partial charge in [-0.25, -0.2) is 9.36 Å². The van der Waals surface area contributed by atoms with Crippen LogP contribution in [0.15, 0.2) is 21.9 Å². The van der Waals surface area contributed by atoms with Gasteiger partial charge in [0.05, 0.1) is 6.61 Å². The molecule has 0 radical (unpaired) electrons. The molecule has 0 spiro atoms. The lowest BCUT2D eigenvalue weighted by Gasteiger charge is -2.17. The van der Waals surface area contributed by atoms with Crippen molar-refractivity contribution >= 4 is 7.82 Å². The van der Waals surface area contributed by atoms with E-state index in [9.17, 15) is 29.3 Å². The highest BCUT2D eigenvalue weighted by molar-refractivity contribution is 7.47. The minimum absolute atomic E-state index is 0.350. The second-order valence-corrected chi connectivity index (χ2v) is 7.05. The Kier molecular flexibility index (Phi) is 7.26. The molecular weight excluding hydrogens is 373 g/mol. The lowest BCUT2D eigenvalue weighted by Crippen LogP contribution is -2.37. The molecule has 26 heavy (non-hydrogen) atoms. The van der Waals surface area contributed by atoms with Gasteiger partial charge in [-0.3, -0.25) is 18.9 Å². The summed E-state index contributed by atoms with van der Waals surface area (Å²) in [6.07, 6.45) is -2.83. The molecular formula is C13H22N3O9P. The number of rotatable bonds is 9. The number of aliphatic hydroxyl groups is 2. The molecule has 2 rings (SSSR count). The molecule has 2 heterocycles. The zero-order valence-corrected chi connectivity index (χ0v) is 14.9. The van der Waals surface area contributed by atoms with Crippen molar-refractivity contribution in [1.82, 2.24) is 15.0 Å². The van der Waals surface area contributed by atoms with E-state index in [4.69, 9.17) is 9.26 Å². The van der Waals surface area contributed by atoms with E-state index in [1.54, 1.807) is 0 Å². The van der Waals surface area contributed by atoms with Crippen molar-refractivity contribution in [3.05, 3.63) is 33.1 Å². The van der Waals surface area contributed by atoms with E-state index in [2.05, 4.69) is 10.1 Å². The van der Waals surface area contributed by atoms with Gasteiger partial charge in [0.25, 0.3) is 5.56 Å². The number of H-pyrrole nitrogens is 1. The molecule has 1 fully saturated rings. The number of phosphoric ester groups is 1. The maximum Gasteiger partial charge on any atom is 0.488 e. The molecule has 5 atom stereocenters. The van der Waals surface area contributed by atoms with Crippen LogP contribution in [0.4, 0.5) is 0 Å². The van der Waals surface area contributed by atoms with E-state index >= 15 is 0 Å². The highest BCUT2D eigenvalue weighted by Crippen LogP contribution is 2.43. The number of hydroxylamine groups is 1. The fourth-order valence-corrected chi connectivity index (χ4v) is 2.94. The maximum absolute atomic E-state index is 11.8. The number of nitrogens with one attached hydrogen (secondary N) is 2. The summed E-state index contributed by atoms with van der Waals surface area (Å²) in [5.41, 5.74) is 0.827. The van der Waals surface area contributed by atoms with Crippen LogP contribution >= 0.6 is 7.82 Å². The minimum Gasteiger partial charge on any atom is -0.387 e. The van der Waals surface area contributed by atoms with E-state index in [-0.39, 0.29) is 0 Å². The summed E-state index contributed by atoms with van der Waals surface area (Å²) in [7, 11) is -4.44. The molecule has 13 heteroatoms. The number of hydrogen-bond donors (Lipinski definition) is 5. The van der Waals surface area contributed by atoms with Crippen LogP contribution in [0.2, 0.25) is 0 Å². The van der Waals surface area contributed by atoms with Crippen molar-refractivity contribution in [1.29, 1.82) is 0 Å². The molecule has 1 aromatic rings. The Hall–Kier alpha value is -1.37. The third-order valence-electron chi connectivity index (χ3n) is 3.68. The van der Waals surface area contributed by atoms with Gasteiger partial charge in [0.15, 0.2) is 6.23 Å². The standard InChI is InChI=1S/C13H22N3O9P/c1-2-3-5-14-25-26(21,22)23-7-8-10(18)11(19)12(24-8)16-6-4-9(17)15-13(16)20/h4,6,8,10-12,14,18-19H,2-3,5,7H2,1H3,(H,21,22)(H,15,17,20)/t8-,10-,11-,12-/m1/s1. The van der Waals surface area contributed by atoms with Gasteiger partial charge < -0.3 is 19.8 Å². The fraction of sp³-hybridized carbons (Fsp3) is 0.692. The number of aromatic amines is 1. The normalized spacial score (nSPS) is 28.2. The summed E-state index contributed by atoms with van der Waals surface area (Å²) >= 11 is 0. The van der Waals surface area contributed by atoms with Gasteiger partial charge in [0.2, 0.25) is 0 Å². The van der Waals surface area contributed by atoms with Crippen molar-refractivity contribution in [2.45, 2.75) is 44.3 Å². The number of phosphoric acid groups is 1. The van der Waals surface area contributed by atoms with E-state index in [0.717, 1.165) is 29.7 Å². The van der Waals surface area contributed by atoms with Crippen LogP contribution in [0.25, 0.3) is 0 Å². The molecule has 148 valence electrons. The van der Waals surface area contributed by atoms with Crippen LogP contribution in [0, 0.1) is 0 Å². The number of ether oxygens (including phenoxy) is 1.